The van der Waals surface area contributed by atoms with Crippen molar-refractivity contribution in [2.75, 3.05) is 36.5 Å². The maximum absolute atomic E-state index is 14.8. The maximum Gasteiger partial charge on any atom is 0.410 e. The van der Waals surface area contributed by atoms with Crippen LogP contribution < -0.4 is 9.80 Å². The van der Waals surface area contributed by atoms with Crippen LogP contribution in [0.2, 0.25) is 5.02 Å². The van der Waals surface area contributed by atoms with Crippen molar-refractivity contribution >= 4 is 61.8 Å². The van der Waals surface area contributed by atoms with Gasteiger partial charge in [0.15, 0.2) is 5.82 Å². The van der Waals surface area contributed by atoms with Crippen molar-refractivity contribution in [3.8, 4) is 0 Å². The zero-order valence-corrected chi connectivity index (χ0v) is 19.3. The fraction of sp³-hybridized carbons (Fsp3) is 0.450. The van der Waals surface area contributed by atoms with Crippen LogP contribution in [0.5, 0.6) is 0 Å². The Morgan fingerprint density at radius 3 is 2.73 bits per heavy atom. The molecule has 2 amide bonds. The highest BCUT2D eigenvalue weighted by Crippen LogP contribution is 2.44. The molecule has 0 radical (unpaired) electrons. The molecule has 0 aliphatic carbocycles. The van der Waals surface area contributed by atoms with Crippen molar-refractivity contribution in [3.05, 3.63) is 27.6 Å². The first-order valence-corrected chi connectivity index (χ1v) is 10.6. The Bertz CT molecular complexity index is 1070. The van der Waals surface area contributed by atoms with Crippen LogP contribution in [0, 0.1) is 5.82 Å². The molecule has 160 valence electrons. The molecule has 30 heavy (non-hydrogen) atoms. The number of carbonyl (C=O) groups is 2. The average molecular weight is 500 g/mol. The molecule has 2 aliphatic rings. The number of carbonyl (C=O) groups excluding carboxylic acids is 2. The molecule has 10 heteroatoms. The third-order valence-corrected chi connectivity index (χ3v) is 6.55. The van der Waals surface area contributed by atoms with Gasteiger partial charge >= 0.3 is 6.09 Å². The van der Waals surface area contributed by atoms with E-state index < -0.39 is 23.6 Å². The Morgan fingerprint density at radius 1 is 1.37 bits per heavy atom. The first kappa shape index (κ1) is 21.1. The Labute approximate surface area is 186 Å². The lowest BCUT2D eigenvalue weighted by Crippen LogP contribution is -2.63. The second kappa shape index (κ2) is 7.23. The summed E-state index contributed by atoms with van der Waals surface area (Å²) in [5, 5.41) is 0.743. The van der Waals surface area contributed by atoms with Gasteiger partial charge in [0.2, 0.25) is 0 Å². The van der Waals surface area contributed by atoms with Crippen LogP contribution >= 0.6 is 27.5 Å². The Kier molecular flexibility index (Phi) is 5.09. The van der Waals surface area contributed by atoms with Gasteiger partial charge in [0.25, 0.3) is 5.91 Å². The summed E-state index contributed by atoms with van der Waals surface area (Å²) in [6, 6.07) is 1.04. The van der Waals surface area contributed by atoms with Crippen molar-refractivity contribution in [1.29, 1.82) is 0 Å². The van der Waals surface area contributed by atoms with Gasteiger partial charge in [-0.05, 0) is 42.8 Å². The third kappa shape index (κ3) is 3.37. The number of nitrogens with zero attached hydrogens (tertiary/aromatic N) is 4. The minimum Gasteiger partial charge on any atom is -0.444 e. The van der Waals surface area contributed by atoms with Gasteiger partial charge < -0.3 is 19.4 Å². The topological polar surface area (TPSA) is 66.0 Å². The number of anilines is 2. The van der Waals surface area contributed by atoms with Crippen LogP contribution in [0.25, 0.3) is 10.9 Å². The molecular weight excluding hydrogens is 479 g/mol. The number of hydrogen-bond acceptors (Lipinski definition) is 5. The van der Waals surface area contributed by atoms with E-state index in [1.165, 1.54) is 16.0 Å². The zero-order valence-electron chi connectivity index (χ0n) is 17.0. The van der Waals surface area contributed by atoms with E-state index in [2.05, 4.69) is 20.9 Å². The number of halogens is 3. The minimum atomic E-state index is -0.627. The molecule has 1 saturated heterocycles. The molecule has 1 fully saturated rings. The number of fused-ring (bicyclic) bond motifs is 5. The molecule has 2 aliphatic heterocycles. The zero-order chi connectivity index (χ0) is 22.0. The maximum atomic E-state index is 14.8. The summed E-state index contributed by atoms with van der Waals surface area (Å²) in [4.78, 5) is 34.8. The molecule has 0 bridgehead atoms. The van der Waals surface area contributed by atoms with Gasteiger partial charge in [-0.1, -0.05) is 11.6 Å². The number of hydrogen-bond donors (Lipinski definition) is 0. The SMILES string of the molecule is CN1C(=O)[C@H]2CN(C(=O)OC(C)(C)C)CCN2c2c1cnc1c(F)c(Br)c(Cl)cc21. The van der Waals surface area contributed by atoms with Gasteiger partial charge in [-0.2, -0.15) is 0 Å². The van der Waals surface area contributed by atoms with Crippen LogP contribution in [0.15, 0.2) is 16.7 Å². The summed E-state index contributed by atoms with van der Waals surface area (Å²) in [7, 11) is 1.65. The van der Waals surface area contributed by atoms with Gasteiger partial charge in [0, 0.05) is 25.5 Å². The summed E-state index contributed by atoms with van der Waals surface area (Å²) >= 11 is 9.37. The standard InChI is InChI=1S/C20H21BrClFN4O3/c1-20(2,3)30-19(29)26-5-6-27-13(9-26)18(28)25(4)12-8-24-16-10(17(12)27)7-11(22)14(21)15(16)23/h7-8,13H,5-6,9H2,1-4H3/t13-/m1/s1. The first-order chi connectivity index (χ1) is 14.0. The van der Waals surface area contributed by atoms with E-state index in [9.17, 15) is 14.0 Å². The van der Waals surface area contributed by atoms with Crippen LogP contribution in [0.3, 0.4) is 0 Å². The lowest BCUT2D eigenvalue weighted by atomic mass is 10.0. The van der Waals surface area contributed by atoms with E-state index in [-0.39, 0.29) is 27.5 Å². The summed E-state index contributed by atoms with van der Waals surface area (Å²) in [5.74, 6) is -0.718. The minimum absolute atomic E-state index is 0.149. The third-order valence-electron chi connectivity index (χ3n) is 5.25. The van der Waals surface area contributed by atoms with E-state index in [1.54, 1.807) is 33.9 Å². The van der Waals surface area contributed by atoms with E-state index in [0.29, 0.717) is 29.9 Å². The number of amides is 2. The quantitative estimate of drug-likeness (QED) is 0.509. The molecular formula is C20H21BrClFN4O3. The number of ether oxygens (including phenoxy) is 1. The summed E-state index contributed by atoms with van der Waals surface area (Å²) < 4.78 is 20.4. The van der Waals surface area contributed by atoms with Crippen molar-refractivity contribution in [2.24, 2.45) is 0 Å². The molecule has 1 atom stereocenters. The molecule has 2 aromatic rings. The fourth-order valence-electron chi connectivity index (χ4n) is 3.86. The van der Waals surface area contributed by atoms with E-state index in [1.807, 2.05) is 4.90 Å². The van der Waals surface area contributed by atoms with Gasteiger partial charge in [0.1, 0.15) is 17.2 Å². The molecule has 0 saturated carbocycles. The monoisotopic (exact) mass is 498 g/mol. The molecule has 1 aromatic heterocycles. The number of pyridine rings is 1. The van der Waals surface area contributed by atoms with Crippen molar-refractivity contribution in [2.45, 2.75) is 32.4 Å². The van der Waals surface area contributed by atoms with Crippen LogP contribution in [-0.4, -0.2) is 60.2 Å². The number of benzene rings is 1. The number of aromatic nitrogens is 1. The van der Waals surface area contributed by atoms with Crippen LogP contribution in [0.1, 0.15) is 20.8 Å². The van der Waals surface area contributed by atoms with Gasteiger partial charge in [-0.25, -0.2) is 9.18 Å². The Hall–Kier alpha value is -2.13. The molecule has 0 N–H and O–H groups in total. The molecule has 3 heterocycles. The van der Waals surface area contributed by atoms with Crippen LogP contribution in [-0.2, 0) is 9.53 Å². The van der Waals surface area contributed by atoms with E-state index in [0.717, 1.165) is 0 Å². The average Bonchev–Trinajstić information content (AvgIpc) is 2.68. The highest BCUT2D eigenvalue weighted by Gasteiger charge is 2.43. The predicted molar refractivity (Wildman–Crippen MR) is 117 cm³/mol. The van der Waals surface area contributed by atoms with Gasteiger partial charge in [0.05, 0.1) is 33.6 Å². The lowest BCUT2D eigenvalue weighted by molar-refractivity contribution is -0.120. The van der Waals surface area contributed by atoms with Crippen LogP contribution in [0.4, 0.5) is 20.6 Å². The first-order valence-electron chi connectivity index (χ1n) is 9.48. The van der Waals surface area contributed by atoms with Gasteiger partial charge in [-0.15, -0.1) is 0 Å². The fourth-order valence-corrected chi connectivity index (χ4v) is 4.36. The van der Waals surface area contributed by atoms with Crippen molar-refractivity contribution < 1.29 is 18.7 Å². The summed E-state index contributed by atoms with van der Waals surface area (Å²) in [5.41, 5.74) is 0.801. The summed E-state index contributed by atoms with van der Waals surface area (Å²) in [6.45, 7) is 6.34. The van der Waals surface area contributed by atoms with Crippen molar-refractivity contribution in [1.82, 2.24) is 9.88 Å². The Balaban J connectivity index is 1.78. The normalized spacial score (nSPS) is 19.1. The Morgan fingerprint density at radius 2 is 2.07 bits per heavy atom. The van der Waals surface area contributed by atoms with Gasteiger partial charge in [-0.3, -0.25) is 9.78 Å². The highest BCUT2D eigenvalue weighted by atomic mass is 79.9. The lowest BCUT2D eigenvalue weighted by Gasteiger charge is -2.47. The van der Waals surface area contributed by atoms with Crippen molar-refractivity contribution in [3.63, 3.8) is 0 Å². The molecule has 0 unspecified atom stereocenters. The van der Waals surface area contributed by atoms with E-state index >= 15 is 0 Å². The second-order valence-electron chi connectivity index (χ2n) is 8.41. The molecule has 1 aromatic carbocycles. The molecule has 0 spiro atoms. The number of piperazine rings is 1. The van der Waals surface area contributed by atoms with E-state index in [4.69, 9.17) is 16.3 Å². The highest BCUT2D eigenvalue weighted by molar-refractivity contribution is 9.10. The second-order valence-corrected chi connectivity index (χ2v) is 9.61. The summed E-state index contributed by atoms with van der Waals surface area (Å²) in [6.07, 6.45) is 1.04. The largest absolute Gasteiger partial charge is 0.444 e. The smallest absolute Gasteiger partial charge is 0.410 e. The predicted octanol–water partition coefficient (Wildman–Crippen LogP) is 4.19. The molecule has 7 nitrogen and oxygen atoms in total. The number of likely N-dealkylation sites (N-methyl/N-ethyl adjacent to an activating group) is 1. The number of rotatable bonds is 0. The molecule has 4 rings (SSSR count).